The number of hydrogen-bond donors (Lipinski definition) is 0. The molecule has 1 aliphatic heterocycles. The Bertz CT molecular complexity index is 541. The Morgan fingerprint density at radius 2 is 1.95 bits per heavy atom. The molecule has 1 saturated heterocycles. The van der Waals surface area contributed by atoms with E-state index in [2.05, 4.69) is 34.1 Å². The number of anilines is 1. The van der Waals surface area contributed by atoms with Crippen LogP contribution in [-0.4, -0.2) is 17.6 Å². The van der Waals surface area contributed by atoms with E-state index in [1.165, 1.54) is 11.6 Å². The van der Waals surface area contributed by atoms with Crippen molar-refractivity contribution in [2.24, 2.45) is 0 Å². The number of nitrogens with zero attached hydrogens (tertiary/aromatic N) is 2. The largest absolute Gasteiger partial charge is 0.353 e. The molecule has 2 nitrogen and oxygen atoms in total. The van der Waals surface area contributed by atoms with Crippen LogP contribution in [0.4, 0.5) is 10.2 Å². The predicted molar refractivity (Wildman–Crippen MR) is 74.7 cm³/mol. The Morgan fingerprint density at radius 3 is 2.74 bits per heavy atom. The lowest BCUT2D eigenvalue weighted by Gasteiger charge is -2.25. The summed E-state index contributed by atoms with van der Waals surface area (Å²) in [6.45, 7) is 0.966. The van der Waals surface area contributed by atoms with Gasteiger partial charge in [0.15, 0.2) is 0 Å². The number of aromatic nitrogens is 1. The Labute approximate surface area is 112 Å². The molecule has 98 valence electrons. The average Bonchev–Trinajstić information content (AvgIpc) is 2.88. The highest BCUT2D eigenvalue weighted by Gasteiger charge is 2.25. The van der Waals surface area contributed by atoms with Crippen LogP contribution in [0.2, 0.25) is 0 Å². The van der Waals surface area contributed by atoms with Gasteiger partial charge in [0.05, 0.1) is 0 Å². The summed E-state index contributed by atoms with van der Waals surface area (Å²) in [5.41, 5.74) is 1.33. The van der Waals surface area contributed by atoms with Crippen molar-refractivity contribution in [3.8, 4) is 0 Å². The molecule has 0 saturated carbocycles. The van der Waals surface area contributed by atoms with Crippen LogP contribution in [0.5, 0.6) is 0 Å². The van der Waals surface area contributed by atoms with Crippen LogP contribution in [0.3, 0.4) is 0 Å². The van der Waals surface area contributed by atoms with Gasteiger partial charge in [-0.3, -0.25) is 0 Å². The first kappa shape index (κ1) is 12.2. The van der Waals surface area contributed by atoms with E-state index in [1.807, 2.05) is 12.1 Å². The van der Waals surface area contributed by atoms with E-state index < -0.39 is 5.95 Å². The molecular weight excluding hydrogens is 239 g/mol. The quantitative estimate of drug-likeness (QED) is 0.782. The van der Waals surface area contributed by atoms with E-state index in [4.69, 9.17) is 0 Å². The fraction of sp³-hybridized carbons (Fsp3) is 0.312. The minimum absolute atomic E-state index is 0.400. The highest BCUT2D eigenvalue weighted by Crippen LogP contribution is 2.26. The maximum atomic E-state index is 13.2. The van der Waals surface area contributed by atoms with Gasteiger partial charge in [-0.15, -0.1) is 0 Å². The molecule has 1 unspecified atom stereocenters. The summed E-state index contributed by atoms with van der Waals surface area (Å²) in [4.78, 5) is 6.24. The van der Waals surface area contributed by atoms with Crippen LogP contribution in [0, 0.1) is 5.95 Å². The molecule has 1 atom stereocenters. The lowest BCUT2D eigenvalue weighted by Crippen LogP contribution is -2.31. The summed E-state index contributed by atoms with van der Waals surface area (Å²) in [5.74, 6) is 0.362. The van der Waals surface area contributed by atoms with Crippen LogP contribution in [-0.2, 0) is 6.42 Å². The Balaban J connectivity index is 1.78. The third-order valence-electron chi connectivity index (χ3n) is 3.69. The van der Waals surface area contributed by atoms with E-state index in [-0.39, 0.29) is 0 Å². The summed E-state index contributed by atoms with van der Waals surface area (Å²) in [7, 11) is 0. The van der Waals surface area contributed by atoms with Gasteiger partial charge < -0.3 is 4.90 Å². The normalized spacial score (nSPS) is 18.8. The lowest BCUT2D eigenvalue weighted by atomic mass is 10.0. The van der Waals surface area contributed by atoms with Gasteiger partial charge in [0.1, 0.15) is 5.82 Å². The molecule has 0 radical (unpaired) electrons. The monoisotopic (exact) mass is 256 g/mol. The van der Waals surface area contributed by atoms with Crippen molar-refractivity contribution in [1.82, 2.24) is 4.98 Å². The highest BCUT2D eigenvalue weighted by atomic mass is 19.1. The van der Waals surface area contributed by atoms with Gasteiger partial charge in [-0.2, -0.15) is 4.39 Å². The molecule has 19 heavy (non-hydrogen) atoms. The zero-order valence-electron chi connectivity index (χ0n) is 10.8. The van der Waals surface area contributed by atoms with E-state index in [0.29, 0.717) is 6.04 Å². The van der Waals surface area contributed by atoms with Crippen molar-refractivity contribution in [3.05, 3.63) is 60.0 Å². The summed E-state index contributed by atoms with van der Waals surface area (Å²) >= 11 is 0. The SMILES string of the molecule is Fc1cccc(N2CCCC2Cc2ccccc2)n1. The fourth-order valence-electron chi connectivity index (χ4n) is 2.79. The predicted octanol–water partition coefficient (Wildman–Crippen LogP) is 3.43. The number of benzene rings is 1. The first-order valence-electron chi connectivity index (χ1n) is 6.76. The molecule has 1 aliphatic rings. The van der Waals surface area contributed by atoms with Gasteiger partial charge in [0, 0.05) is 12.6 Å². The van der Waals surface area contributed by atoms with Gasteiger partial charge in [-0.1, -0.05) is 36.4 Å². The molecule has 0 bridgehead atoms. The van der Waals surface area contributed by atoms with Crippen molar-refractivity contribution in [2.75, 3.05) is 11.4 Å². The van der Waals surface area contributed by atoms with Crippen molar-refractivity contribution < 1.29 is 4.39 Å². The minimum atomic E-state index is -0.400. The van der Waals surface area contributed by atoms with Crippen LogP contribution < -0.4 is 4.90 Å². The number of rotatable bonds is 3. The molecule has 3 rings (SSSR count). The van der Waals surface area contributed by atoms with E-state index in [0.717, 1.165) is 31.6 Å². The van der Waals surface area contributed by atoms with Gasteiger partial charge in [0.25, 0.3) is 0 Å². The maximum Gasteiger partial charge on any atom is 0.214 e. The fourth-order valence-corrected chi connectivity index (χ4v) is 2.79. The van der Waals surface area contributed by atoms with Crippen LogP contribution in [0.15, 0.2) is 48.5 Å². The summed E-state index contributed by atoms with van der Waals surface area (Å²) < 4.78 is 13.2. The minimum Gasteiger partial charge on any atom is -0.353 e. The van der Waals surface area contributed by atoms with Crippen LogP contribution in [0.1, 0.15) is 18.4 Å². The molecule has 3 heteroatoms. The second kappa shape index (κ2) is 5.39. The standard InChI is InChI=1S/C16H17FN2/c17-15-9-4-10-16(18-15)19-11-5-8-14(19)12-13-6-2-1-3-7-13/h1-4,6-7,9-10,14H,5,8,11-12H2. The molecule has 0 spiro atoms. The Kier molecular flexibility index (Phi) is 3.45. The third-order valence-corrected chi connectivity index (χ3v) is 3.69. The number of halogens is 1. The Morgan fingerprint density at radius 1 is 1.11 bits per heavy atom. The Hall–Kier alpha value is -1.90. The van der Waals surface area contributed by atoms with E-state index in [9.17, 15) is 4.39 Å². The molecule has 1 fully saturated rings. The zero-order chi connectivity index (χ0) is 13.1. The smallest absolute Gasteiger partial charge is 0.214 e. The second-order valence-corrected chi connectivity index (χ2v) is 5.00. The second-order valence-electron chi connectivity index (χ2n) is 5.00. The molecule has 0 N–H and O–H groups in total. The molecule has 1 aromatic carbocycles. The summed E-state index contributed by atoms with van der Waals surface area (Å²) in [5, 5.41) is 0. The van der Waals surface area contributed by atoms with Crippen LogP contribution >= 0.6 is 0 Å². The summed E-state index contributed by atoms with van der Waals surface area (Å²) in [6.07, 6.45) is 3.29. The van der Waals surface area contributed by atoms with E-state index in [1.54, 1.807) is 6.07 Å². The number of pyridine rings is 1. The lowest BCUT2D eigenvalue weighted by molar-refractivity contribution is 0.576. The van der Waals surface area contributed by atoms with Crippen molar-refractivity contribution >= 4 is 5.82 Å². The first-order valence-corrected chi connectivity index (χ1v) is 6.76. The van der Waals surface area contributed by atoms with Gasteiger partial charge >= 0.3 is 0 Å². The summed E-state index contributed by atoms with van der Waals surface area (Å²) in [6, 6.07) is 15.9. The first-order chi connectivity index (χ1) is 9.33. The van der Waals surface area contributed by atoms with Crippen molar-refractivity contribution in [1.29, 1.82) is 0 Å². The maximum absolute atomic E-state index is 13.2. The average molecular weight is 256 g/mol. The number of hydrogen-bond acceptors (Lipinski definition) is 2. The molecule has 2 heterocycles. The third kappa shape index (κ3) is 2.75. The van der Waals surface area contributed by atoms with Crippen LogP contribution in [0.25, 0.3) is 0 Å². The van der Waals surface area contributed by atoms with Gasteiger partial charge in [-0.05, 0) is 37.0 Å². The molecule has 2 aromatic rings. The topological polar surface area (TPSA) is 16.1 Å². The van der Waals surface area contributed by atoms with Gasteiger partial charge in [0.2, 0.25) is 5.95 Å². The molecule has 1 aromatic heterocycles. The van der Waals surface area contributed by atoms with E-state index >= 15 is 0 Å². The van der Waals surface area contributed by atoms with Gasteiger partial charge in [-0.25, -0.2) is 4.98 Å². The molecular formula is C16H17FN2. The highest BCUT2D eigenvalue weighted by molar-refractivity contribution is 5.41. The van der Waals surface area contributed by atoms with Crippen molar-refractivity contribution in [3.63, 3.8) is 0 Å². The molecule has 0 amide bonds. The zero-order valence-corrected chi connectivity index (χ0v) is 10.8. The van der Waals surface area contributed by atoms with Crippen molar-refractivity contribution in [2.45, 2.75) is 25.3 Å². The molecule has 0 aliphatic carbocycles.